The fourth-order valence-corrected chi connectivity index (χ4v) is 0.617. The molecular weight excluding hydrogens is 126 g/mol. The normalized spacial score (nSPS) is 10.5. The van der Waals surface area contributed by atoms with Crippen LogP contribution in [0, 0.1) is 0 Å². The third kappa shape index (κ3) is 1.95. The van der Waals surface area contributed by atoms with Gasteiger partial charge in [0.15, 0.2) is 0 Å². The molecule has 10 heavy (non-hydrogen) atoms. The Morgan fingerprint density at radius 2 is 1.90 bits per heavy atom. The summed E-state index contributed by atoms with van der Waals surface area (Å²) in [6.45, 7) is 0.245. The van der Waals surface area contributed by atoms with Crippen LogP contribution in [-0.2, 0) is 0 Å². The molecule has 0 bridgehead atoms. The Bertz CT molecular complexity index is 205. The molecule has 52 valence electrons. The second-order valence-corrected chi connectivity index (χ2v) is 1.76. The zero-order chi connectivity index (χ0) is 7.23. The van der Waals surface area contributed by atoms with Gasteiger partial charge in [0, 0.05) is 0 Å². The lowest BCUT2D eigenvalue weighted by molar-refractivity contribution is 0.967. The van der Waals surface area contributed by atoms with E-state index in [0.717, 1.165) is 5.69 Å². The van der Waals surface area contributed by atoms with E-state index in [4.69, 9.17) is 5.73 Å². The first-order valence-electron chi connectivity index (χ1n) is 3.06. The standard InChI is InChI=1S/C7H9N3/c8-6-9-10-7-4-2-1-3-5-7/h1-5H,6,8H2/b10-9+. The van der Waals surface area contributed by atoms with E-state index in [1.54, 1.807) is 0 Å². The molecule has 0 heterocycles. The van der Waals surface area contributed by atoms with Crippen LogP contribution < -0.4 is 5.73 Å². The molecule has 0 unspecified atom stereocenters. The van der Waals surface area contributed by atoms with Crippen molar-refractivity contribution in [2.24, 2.45) is 16.0 Å². The van der Waals surface area contributed by atoms with E-state index >= 15 is 0 Å². The van der Waals surface area contributed by atoms with E-state index in [9.17, 15) is 0 Å². The van der Waals surface area contributed by atoms with Gasteiger partial charge < -0.3 is 5.73 Å². The van der Waals surface area contributed by atoms with E-state index in [1.807, 2.05) is 30.3 Å². The quantitative estimate of drug-likeness (QED) is 0.616. The molecule has 1 aromatic carbocycles. The van der Waals surface area contributed by atoms with Crippen LogP contribution >= 0.6 is 0 Å². The summed E-state index contributed by atoms with van der Waals surface area (Å²) in [7, 11) is 0. The summed E-state index contributed by atoms with van der Waals surface area (Å²) in [6.07, 6.45) is 0. The third-order valence-electron chi connectivity index (χ3n) is 1.02. The summed E-state index contributed by atoms with van der Waals surface area (Å²) in [5.74, 6) is 0. The van der Waals surface area contributed by atoms with Crippen molar-refractivity contribution in [2.75, 3.05) is 6.67 Å². The lowest BCUT2D eigenvalue weighted by atomic mass is 10.3. The molecule has 1 aromatic rings. The van der Waals surface area contributed by atoms with Crippen LogP contribution in [0.15, 0.2) is 40.6 Å². The Morgan fingerprint density at radius 1 is 1.20 bits per heavy atom. The molecule has 0 saturated carbocycles. The topological polar surface area (TPSA) is 50.7 Å². The van der Waals surface area contributed by atoms with Crippen LogP contribution in [-0.4, -0.2) is 6.67 Å². The maximum atomic E-state index is 5.12. The lowest BCUT2D eigenvalue weighted by Crippen LogP contribution is -1.91. The largest absolute Gasteiger partial charge is 0.311 e. The van der Waals surface area contributed by atoms with Gasteiger partial charge in [-0.1, -0.05) is 18.2 Å². The van der Waals surface area contributed by atoms with Crippen molar-refractivity contribution in [1.82, 2.24) is 0 Å². The molecule has 0 atom stereocenters. The molecule has 0 saturated heterocycles. The minimum atomic E-state index is 0.245. The summed E-state index contributed by atoms with van der Waals surface area (Å²) in [5, 5.41) is 7.47. The smallest absolute Gasteiger partial charge is 0.108 e. The van der Waals surface area contributed by atoms with Crippen molar-refractivity contribution in [3.63, 3.8) is 0 Å². The van der Waals surface area contributed by atoms with Crippen molar-refractivity contribution in [1.29, 1.82) is 0 Å². The van der Waals surface area contributed by atoms with Crippen molar-refractivity contribution < 1.29 is 0 Å². The number of nitrogens with two attached hydrogens (primary N) is 1. The summed E-state index contributed by atoms with van der Waals surface area (Å²) >= 11 is 0. The Balaban J connectivity index is 2.67. The predicted octanol–water partition coefficient (Wildman–Crippen LogP) is 1.69. The van der Waals surface area contributed by atoms with Crippen LogP contribution in [0.25, 0.3) is 0 Å². The molecule has 0 aliphatic rings. The molecule has 0 aromatic heterocycles. The molecule has 2 N–H and O–H groups in total. The Kier molecular flexibility index (Phi) is 2.58. The summed E-state index contributed by atoms with van der Waals surface area (Å²) in [6, 6.07) is 9.50. The molecule has 3 nitrogen and oxygen atoms in total. The van der Waals surface area contributed by atoms with Gasteiger partial charge in [-0.05, 0) is 12.1 Å². The molecule has 3 heteroatoms. The van der Waals surface area contributed by atoms with Crippen LogP contribution in [0.4, 0.5) is 5.69 Å². The van der Waals surface area contributed by atoms with E-state index in [2.05, 4.69) is 10.2 Å². The zero-order valence-electron chi connectivity index (χ0n) is 5.57. The van der Waals surface area contributed by atoms with Crippen LogP contribution in [0.3, 0.4) is 0 Å². The van der Waals surface area contributed by atoms with Crippen molar-refractivity contribution >= 4 is 5.69 Å². The fraction of sp³-hybridized carbons (Fsp3) is 0.143. The highest BCUT2D eigenvalue weighted by atomic mass is 15.1. The van der Waals surface area contributed by atoms with E-state index in [0.29, 0.717) is 0 Å². The first-order chi connectivity index (χ1) is 4.93. The molecular formula is C7H9N3. The average molecular weight is 135 g/mol. The molecule has 1 rings (SSSR count). The lowest BCUT2D eigenvalue weighted by Gasteiger charge is -1.87. The Morgan fingerprint density at radius 3 is 2.50 bits per heavy atom. The third-order valence-corrected chi connectivity index (χ3v) is 1.02. The van der Waals surface area contributed by atoms with Gasteiger partial charge in [-0.3, -0.25) is 0 Å². The van der Waals surface area contributed by atoms with Crippen molar-refractivity contribution in [2.45, 2.75) is 0 Å². The minimum absolute atomic E-state index is 0.245. The first kappa shape index (κ1) is 6.89. The van der Waals surface area contributed by atoms with Gasteiger partial charge in [0.1, 0.15) is 6.67 Å². The maximum absolute atomic E-state index is 5.12. The zero-order valence-corrected chi connectivity index (χ0v) is 5.57. The van der Waals surface area contributed by atoms with E-state index in [-0.39, 0.29) is 6.67 Å². The Labute approximate surface area is 59.6 Å². The van der Waals surface area contributed by atoms with Gasteiger partial charge in [-0.2, -0.15) is 10.2 Å². The van der Waals surface area contributed by atoms with Gasteiger partial charge in [-0.25, -0.2) is 0 Å². The van der Waals surface area contributed by atoms with E-state index in [1.165, 1.54) is 0 Å². The Hall–Kier alpha value is -1.22. The molecule has 0 aliphatic heterocycles. The number of nitrogens with zero attached hydrogens (tertiary/aromatic N) is 2. The molecule has 0 spiro atoms. The van der Waals surface area contributed by atoms with Gasteiger partial charge >= 0.3 is 0 Å². The molecule has 0 fully saturated rings. The van der Waals surface area contributed by atoms with E-state index < -0.39 is 0 Å². The molecule has 0 amide bonds. The van der Waals surface area contributed by atoms with Gasteiger partial charge in [0.05, 0.1) is 5.69 Å². The SMILES string of the molecule is NC/N=N/c1ccccc1. The number of azo groups is 1. The highest BCUT2D eigenvalue weighted by Crippen LogP contribution is 2.08. The van der Waals surface area contributed by atoms with Gasteiger partial charge in [-0.15, -0.1) is 0 Å². The molecule has 0 radical (unpaired) electrons. The van der Waals surface area contributed by atoms with Gasteiger partial charge in [0.25, 0.3) is 0 Å². The summed E-state index contributed by atoms with van der Waals surface area (Å²) in [5.41, 5.74) is 5.96. The highest BCUT2D eigenvalue weighted by molar-refractivity contribution is 5.34. The maximum Gasteiger partial charge on any atom is 0.108 e. The number of benzene rings is 1. The second kappa shape index (κ2) is 3.74. The number of hydrogen-bond acceptors (Lipinski definition) is 3. The fourth-order valence-electron chi connectivity index (χ4n) is 0.617. The van der Waals surface area contributed by atoms with Crippen LogP contribution in [0.2, 0.25) is 0 Å². The predicted molar refractivity (Wildman–Crippen MR) is 40.0 cm³/mol. The number of hydrogen-bond donors (Lipinski definition) is 1. The summed E-state index contributed by atoms with van der Waals surface area (Å²) in [4.78, 5) is 0. The minimum Gasteiger partial charge on any atom is -0.311 e. The highest BCUT2D eigenvalue weighted by Gasteiger charge is 1.81. The van der Waals surface area contributed by atoms with Crippen LogP contribution in [0.5, 0.6) is 0 Å². The van der Waals surface area contributed by atoms with Crippen molar-refractivity contribution in [3.05, 3.63) is 30.3 Å². The molecule has 0 aliphatic carbocycles. The summed E-state index contributed by atoms with van der Waals surface area (Å²) < 4.78 is 0. The van der Waals surface area contributed by atoms with Gasteiger partial charge in [0.2, 0.25) is 0 Å². The number of rotatable bonds is 2. The first-order valence-corrected chi connectivity index (χ1v) is 3.06. The van der Waals surface area contributed by atoms with Crippen LogP contribution in [0.1, 0.15) is 0 Å². The average Bonchev–Trinajstić information content (AvgIpc) is 2.03. The second-order valence-electron chi connectivity index (χ2n) is 1.76. The monoisotopic (exact) mass is 135 g/mol. The van der Waals surface area contributed by atoms with Crippen molar-refractivity contribution in [3.8, 4) is 0 Å².